The largest absolute Gasteiger partial charge is 0.365 e. The molecule has 1 aliphatic heterocycles. The van der Waals surface area contributed by atoms with Gasteiger partial charge in [-0.05, 0) is 6.42 Å². The fourth-order valence-electron chi connectivity index (χ4n) is 0.743. The molecule has 0 N–H and O–H groups in total. The molecule has 1 nitrogen and oxygen atoms in total. The maximum Gasteiger partial charge on any atom is 0.107 e. The first-order valence-electron chi connectivity index (χ1n) is 3.23. The Hall–Kier alpha value is 0.220. The van der Waals surface area contributed by atoms with Crippen LogP contribution < -0.4 is 0 Å². The standard InChI is InChI=1S/C7H10OS2/c1-2-4-8-7-3-5-9-10-6-7/h1,7H,3-6H2. The fourth-order valence-corrected chi connectivity index (χ4v) is 3.12. The van der Waals surface area contributed by atoms with E-state index in [2.05, 4.69) is 5.92 Å². The summed E-state index contributed by atoms with van der Waals surface area (Å²) in [6.07, 6.45) is 6.62. The van der Waals surface area contributed by atoms with Crippen LogP contribution in [-0.4, -0.2) is 24.2 Å². The van der Waals surface area contributed by atoms with Gasteiger partial charge in [0.1, 0.15) is 6.61 Å². The van der Waals surface area contributed by atoms with Gasteiger partial charge in [-0.3, -0.25) is 0 Å². The zero-order valence-electron chi connectivity index (χ0n) is 5.71. The summed E-state index contributed by atoms with van der Waals surface area (Å²) < 4.78 is 5.36. The maximum absolute atomic E-state index is 5.36. The van der Waals surface area contributed by atoms with Crippen LogP contribution in [0.15, 0.2) is 0 Å². The second-order valence-electron chi connectivity index (χ2n) is 2.03. The SMILES string of the molecule is C#CCOC1CCSSC1. The lowest BCUT2D eigenvalue weighted by atomic mass is 10.3. The van der Waals surface area contributed by atoms with Gasteiger partial charge in [-0.2, -0.15) is 0 Å². The molecule has 1 aliphatic rings. The van der Waals surface area contributed by atoms with Crippen LogP contribution in [0.25, 0.3) is 0 Å². The molecule has 1 fully saturated rings. The van der Waals surface area contributed by atoms with Crippen molar-refractivity contribution in [2.75, 3.05) is 18.1 Å². The van der Waals surface area contributed by atoms with Crippen LogP contribution in [0.3, 0.4) is 0 Å². The molecule has 1 atom stereocenters. The van der Waals surface area contributed by atoms with E-state index in [-0.39, 0.29) is 0 Å². The van der Waals surface area contributed by atoms with Crippen LogP contribution >= 0.6 is 21.6 Å². The Labute approximate surface area is 69.7 Å². The van der Waals surface area contributed by atoms with Crippen molar-refractivity contribution in [2.24, 2.45) is 0 Å². The third-order valence-corrected chi connectivity index (χ3v) is 3.75. The van der Waals surface area contributed by atoms with Crippen molar-refractivity contribution in [3.8, 4) is 12.3 Å². The first kappa shape index (κ1) is 8.32. The Balaban J connectivity index is 2.09. The summed E-state index contributed by atoms with van der Waals surface area (Å²) in [6, 6.07) is 0. The molecule has 1 unspecified atom stereocenters. The van der Waals surface area contributed by atoms with Gasteiger partial charge in [-0.15, -0.1) is 6.42 Å². The Morgan fingerprint density at radius 3 is 3.10 bits per heavy atom. The van der Waals surface area contributed by atoms with Crippen molar-refractivity contribution in [3.05, 3.63) is 0 Å². The van der Waals surface area contributed by atoms with Crippen LogP contribution in [-0.2, 0) is 4.74 Å². The lowest BCUT2D eigenvalue weighted by molar-refractivity contribution is 0.0936. The zero-order chi connectivity index (χ0) is 7.23. The molecular weight excluding hydrogens is 164 g/mol. The molecule has 3 heteroatoms. The van der Waals surface area contributed by atoms with Gasteiger partial charge in [-0.25, -0.2) is 0 Å². The lowest BCUT2D eigenvalue weighted by Gasteiger charge is -2.19. The Morgan fingerprint density at radius 1 is 1.60 bits per heavy atom. The molecule has 1 heterocycles. The van der Waals surface area contributed by atoms with Gasteiger partial charge in [0, 0.05) is 11.5 Å². The third kappa shape index (κ3) is 2.87. The summed E-state index contributed by atoms with van der Waals surface area (Å²) in [7, 11) is 3.79. The number of ether oxygens (including phenoxy) is 1. The van der Waals surface area contributed by atoms with Crippen molar-refractivity contribution in [1.29, 1.82) is 0 Å². The fraction of sp³-hybridized carbons (Fsp3) is 0.714. The molecule has 10 heavy (non-hydrogen) atoms. The van der Waals surface area contributed by atoms with E-state index in [4.69, 9.17) is 11.2 Å². The van der Waals surface area contributed by atoms with E-state index in [1.807, 2.05) is 21.6 Å². The molecule has 0 radical (unpaired) electrons. The minimum Gasteiger partial charge on any atom is -0.365 e. The molecule has 56 valence electrons. The van der Waals surface area contributed by atoms with Crippen LogP contribution in [0, 0.1) is 12.3 Å². The normalized spacial score (nSPS) is 25.7. The van der Waals surface area contributed by atoms with Crippen molar-refractivity contribution < 1.29 is 4.74 Å². The molecule has 0 bridgehead atoms. The summed E-state index contributed by atoms with van der Waals surface area (Å²) in [5.41, 5.74) is 0. The van der Waals surface area contributed by atoms with Gasteiger partial charge in [0.05, 0.1) is 6.10 Å². The van der Waals surface area contributed by atoms with E-state index in [9.17, 15) is 0 Å². The number of hydrogen-bond donors (Lipinski definition) is 0. The Bertz CT molecular complexity index is 124. The molecule has 0 aromatic carbocycles. The van der Waals surface area contributed by atoms with E-state index in [1.54, 1.807) is 0 Å². The average Bonchev–Trinajstić information content (AvgIpc) is 2.03. The molecule has 1 rings (SSSR count). The quantitative estimate of drug-likeness (QED) is 0.466. The topological polar surface area (TPSA) is 9.23 Å². The van der Waals surface area contributed by atoms with Crippen LogP contribution in [0.1, 0.15) is 6.42 Å². The van der Waals surface area contributed by atoms with Gasteiger partial charge >= 0.3 is 0 Å². The van der Waals surface area contributed by atoms with Gasteiger partial charge in [0.2, 0.25) is 0 Å². The zero-order valence-corrected chi connectivity index (χ0v) is 7.34. The van der Waals surface area contributed by atoms with Gasteiger partial charge in [-0.1, -0.05) is 27.5 Å². The van der Waals surface area contributed by atoms with E-state index in [1.165, 1.54) is 5.75 Å². The van der Waals surface area contributed by atoms with Gasteiger partial charge in [0.15, 0.2) is 0 Å². The van der Waals surface area contributed by atoms with Gasteiger partial charge < -0.3 is 4.74 Å². The summed E-state index contributed by atoms with van der Waals surface area (Å²) in [6.45, 7) is 0.468. The highest BCUT2D eigenvalue weighted by Crippen LogP contribution is 2.30. The van der Waals surface area contributed by atoms with Crippen molar-refractivity contribution in [2.45, 2.75) is 12.5 Å². The predicted molar refractivity (Wildman–Crippen MR) is 48.1 cm³/mol. The minimum absolute atomic E-state index is 0.405. The Kier molecular flexibility index (Phi) is 4.12. The summed E-state index contributed by atoms with van der Waals surface area (Å²) in [5, 5.41) is 0. The highest BCUT2D eigenvalue weighted by molar-refractivity contribution is 8.76. The second kappa shape index (κ2) is 4.95. The molecule has 0 aliphatic carbocycles. The van der Waals surface area contributed by atoms with E-state index in [0.717, 1.165) is 12.2 Å². The molecule has 0 saturated carbocycles. The van der Waals surface area contributed by atoms with E-state index in [0.29, 0.717) is 12.7 Å². The van der Waals surface area contributed by atoms with Gasteiger partial charge in [0.25, 0.3) is 0 Å². The molecular formula is C7H10OS2. The predicted octanol–water partition coefficient (Wildman–Crippen LogP) is 1.79. The van der Waals surface area contributed by atoms with Crippen LogP contribution in [0.5, 0.6) is 0 Å². The molecule has 0 aromatic rings. The first-order valence-corrected chi connectivity index (χ1v) is 5.72. The molecule has 1 saturated heterocycles. The molecule has 0 aromatic heterocycles. The van der Waals surface area contributed by atoms with Crippen LogP contribution in [0.2, 0.25) is 0 Å². The third-order valence-electron chi connectivity index (χ3n) is 1.26. The van der Waals surface area contributed by atoms with E-state index < -0.39 is 0 Å². The highest BCUT2D eigenvalue weighted by Gasteiger charge is 2.13. The number of terminal acetylenes is 1. The maximum atomic E-state index is 5.36. The van der Waals surface area contributed by atoms with Crippen molar-refractivity contribution >= 4 is 21.6 Å². The van der Waals surface area contributed by atoms with Crippen LogP contribution in [0.4, 0.5) is 0 Å². The van der Waals surface area contributed by atoms with Crippen molar-refractivity contribution in [1.82, 2.24) is 0 Å². The lowest BCUT2D eigenvalue weighted by Crippen LogP contribution is -2.19. The van der Waals surface area contributed by atoms with Crippen molar-refractivity contribution in [3.63, 3.8) is 0 Å². The number of hydrogen-bond acceptors (Lipinski definition) is 3. The Morgan fingerprint density at radius 2 is 2.50 bits per heavy atom. The molecule has 0 spiro atoms. The first-order chi connectivity index (χ1) is 4.93. The smallest absolute Gasteiger partial charge is 0.107 e. The average molecular weight is 174 g/mol. The summed E-state index contributed by atoms with van der Waals surface area (Å²) in [5.74, 6) is 4.76. The summed E-state index contributed by atoms with van der Waals surface area (Å²) >= 11 is 0. The monoisotopic (exact) mass is 174 g/mol. The summed E-state index contributed by atoms with van der Waals surface area (Å²) in [4.78, 5) is 0. The second-order valence-corrected chi connectivity index (χ2v) is 4.66. The molecule has 0 amide bonds. The van der Waals surface area contributed by atoms with E-state index >= 15 is 0 Å². The minimum atomic E-state index is 0.405. The number of rotatable bonds is 2. The highest BCUT2D eigenvalue weighted by atomic mass is 33.1.